The SMILES string of the molecule is CCCCC(CC)CN(CC(CC)CCCC)c1ccc(I)cc1. The standard InChI is InChI=1S/C22H38IN/c1-5-9-11-19(7-3)17-24(18-20(8-4)12-10-6-2)22-15-13-21(23)14-16-22/h13-16,19-20H,5-12,17-18H2,1-4H3. The number of anilines is 1. The van der Waals surface area contributed by atoms with E-state index in [9.17, 15) is 0 Å². The Bertz CT molecular complexity index is 396. The van der Waals surface area contributed by atoms with Crippen molar-refractivity contribution in [1.29, 1.82) is 0 Å². The lowest BCUT2D eigenvalue weighted by atomic mass is 9.95. The molecule has 2 unspecified atom stereocenters. The van der Waals surface area contributed by atoms with E-state index in [0.29, 0.717) is 0 Å². The average molecular weight is 443 g/mol. The minimum Gasteiger partial charge on any atom is -0.371 e. The summed E-state index contributed by atoms with van der Waals surface area (Å²) in [4.78, 5) is 2.68. The predicted octanol–water partition coefficient (Wildman–Crippen LogP) is 7.53. The number of nitrogens with zero attached hydrogens (tertiary/aromatic N) is 1. The van der Waals surface area contributed by atoms with Gasteiger partial charge < -0.3 is 4.90 Å². The molecule has 1 aromatic carbocycles. The number of unbranched alkanes of at least 4 members (excludes halogenated alkanes) is 2. The maximum Gasteiger partial charge on any atom is 0.0367 e. The minimum atomic E-state index is 0.827. The zero-order chi connectivity index (χ0) is 17.8. The normalized spacial score (nSPS) is 13.7. The van der Waals surface area contributed by atoms with Crippen LogP contribution in [-0.4, -0.2) is 13.1 Å². The summed E-state index contributed by atoms with van der Waals surface area (Å²) in [5.41, 5.74) is 1.42. The number of halogens is 1. The molecular weight excluding hydrogens is 405 g/mol. The number of hydrogen-bond acceptors (Lipinski definition) is 1. The van der Waals surface area contributed by atoms with Crippen LogP contribution in [0, 0.1) is 15.4 Å². The highest BCUT2D eigenvalue weighted by Crippen LogP contribution is 2.24. The van der Waals surface area contributed by atoms with E-state index in [0.717, 1.165) is 11.8 Å². The van der Waals surface area contributed by atoms with Gasteiger partial charge in [-0.3, -0.25) is 0 Å². The second kappa shape index (κ2) is 13.0. The molecule has 1 aromatic rings. The highest BCUT2D eigenvalue weighted by molar-refractivity contribution is 14.1. The predicted molar refractivity (Wildman–Crippen MR) is 118 cm³/mol. The van der Waals surface area contributed by atoms with Crippen LogP contribution in [0.3, 0.4) is 0 Å². The van der Waals surface area contributed by atoms with Crippen LogP contribution in [0.4, 0.5) is 5.69 Å². The van der Waals surface area contributed by atoms with Gasteiger partial charge in [-0.05, 0) is 71.5 Å². The Morgan fingerprint density at radius 3 is 1.62 bits per heavy atom. The Balaban J connectivity index is 2.82. The first-order valence-electron chi connectivity index (χ1n) is 10.1. The zero-order valence-electron chi connectivity index (χ0n) is 16.4. The first-order chi connectivity index (χ1) is 11.6. The molecule has 0 N–H and O–H groups in total. The van der Waals surface area contributed by atoms with Crippen molar-refractivity contribution in [3.63, 3.8) is 0 Å². The van der Waals surface area contributed by atoms with Gasteiger partial charge in [0.05, 0.1) is 0 Å². The van der Waals surface area contributed by atoms with E-state index in [4.69, 9.17) is 0 Å². The van der Waals surface area contributed by atoms with Crippen LogP contribution in [0.2, 0.25) is 0 Å². The summed E-state index contributed by atoms with van der Waals surface area (Å²) in [6, 6.07) is 9.15. The molecule has 0 fully saturated rings. The van der Waals surface area contributed by atoms with Crippen LogP contribution in [0.5, 0.6) is 0 Å². The molecule has 2 heteroatoms. The first kappa shape index (κ1) is 21.8. The quantitative estimate of drug-likeness (QED) is 0.285. The summed E-state index contributed by atoms with van der Waals surface area (Å²) in [7, 11) is 0. The molecule has 0 radical (unpaired) electrons. The summed E-state index contributed by atoms with van der Waals surface area (Å²) >= 11 is 2.40. The lowest BCUT2D eigenvalue weighted by molar-refractivity contribution is 0.403. The van der Waals surface area contributed by atoms with E-state index in [1.54, 1.807) is 0 Å². The molecule has 0 aliphatic rings. The van der Waals surface area contributed by atoms with Crippen molar-refractivity contribution < 1.29 is 0 Å². The van der Waals surface area contributed by atoms with Crippen molar-refractivity contribution in [3.8, 4) is 0 Å². The lowest BCUT2D eigenvalue weighted by Gasteiger charge is -2.32. The van der Waals surface area contributed by atoms with Gasteiger partial charge in [-0.2, -0.15) is 0 Å². The fourth-order valence-corrected chi connectivity index (χ4v) is 3.75. The third-order valence-electron chi connectivity index (χ3n) is 5.24. The molecule has 1 rings (SSSR count). The molecule has 2 atom stereocenters. The topological polar surface area (TPSA) is 3.24 Å². The number of benzene rings is 1. The summed E-state index contributed by atoms with van der Waals surface area (Å²) in [6.45, 7) is 11.8. The van der Waals surface area contributed by atoms with Crippen LogP contribution >= 0.6 is 22.6 Å². The molecule has 0 heterocycles. The van der Waals surface area contributed by atoms with Crippen LogP contribution < -0.4 is 4.90 Å². The summed E-state index contributed by atoms with van der Waals surface area (Å²) in [5, 5.41) is 0. The van der Waals surface area contributed by atoms with Crippen LogP contribution in [0.25, 0.3) is 0 Å². The van der Waals surface area contributed by atoms with Gasteiger partial charge in [0.15, 0.2) is 0 Å². The molecule has 0 bridgehead atoms. The fraction of sp³-hybridized carbons (Fsp3) is 0.727. The van der Waals surface area contributed by atoms with E-state index in [2.05, 4.69) is 79.5 Å². The molecule has 0 aliphatic carbocycles. The summed E-state index contributed by atoms with van der Waals surface area (Å²) in [6.07, 6.45) is 10.7. The van der Waals surface area contributed by atoms with Crippen LogP contribution in [-0.2, 0) is 0 Å². The molecule has 0 aliphatic heterocycles. The Labute approximate surface area is 164 Å². The molecule has 0 saturated carbocycles. The zero-order valence-corrected chi connectivity index (χ0v) is 18.5. The Kier molecular flexibility index (Phi) is 11.8. The maximum atomic E-state index is 2.68. The largest absolute Gasteiger partial charge is 0.371 e. The average Bonchev–Trinajstić information content (AvgIpc) is 2.61. The summed E-state index contributed by atoms with van der Waals surface area (Å²) < 4.78 is 1.33. The van der Waals surface area contributed by atoms with E-state index in [1.165, 1.54) is 73.7 Å². The van der Waals surface area contributed by atoms with Gasteiger partial charge in [0.1, 0.15) is 0 Å². The molecule has 0 amide bonds. The monoisotopic (exact) mass is 443 g/mol. The molecule has 0 spiro atoms. The van der Waals surface area contributed by atoms with Crippen molar-refractivity contribution in [2.45, 2.75) is 79.1 Å². The van der Waals surface area contributed by atoms with E-state index in [1.807, 2.05) is 0 Å². The molecule has 24 heavy (non-hydrogen) atoms. The van der Waals surface area contributed by atoms with Gasteiger partial charge in [-0.15, -0.1) is 0 Å². The summed E-state index contributed by atoms with van der Waals surface area (Å²) in [5.74, 6) is 1.65. The fourth-order valence-electron chi connectivity index (χ4n) is 3.40. The maximum absolute atomic E-state index is 2.68. The smallest absolute Gasteiger partial charge is 0.0367 e. The minimum absolute atomic E-state index is 0.827. The van der Waals surface area contributed by atoms with Gasteiger partial charge >= 0.3 is 0 Å². The highest BCUT2D eigenvalue weighted by Gasteiger charge is 2.17. The Morgan fingerprint density at radius 2 is 1.25 bits per heavy atom. The van der Waals surface area contributed by atoms with Gasteiger partial charge in [0.2, 0.25) is 0 Å². The third kappa shape index (κ3) is 8.22. The molecule has 138 valence electrons. The van der Waals surface area contributed by atoms with Crippen LogP contribution in [0.1, 0.15) is 79.1 Å². The van der Waals surface area contributed by atoms with E-state index < -0.39 is 0 Å². The second-order valence-electron chi connectivity index (χ2n) is 7.21. The number of rotatable bonds is 13. The lowest BCUT2D eigenvalue weighted by Crippen LogP contribution is -2.34. The molecule has 1 nitrogen and oxygen atoms in total. The number of hydrogen-bond donors (Lipinski definition) is 0. The van der Waals surface area contributed by atoms with Crippen molar-refractivity contribution in [1.82, 2.24) is 0 Å². The second-order valence-corrected chi connectivity index (χ2v) is 8.46. The van der Waals surface area contributed by atoms with E-state index >= 15 is 0 Å². The Hall–Kier alpha value is -0.250. The van der Waals surface area contributed by atoms with Crippen molar-refractivity contribution >= 4 is 28.3 Å². The van der Waals surface area contributed by atoms with E-state index in [-0.39, 0.29) is 0 Å². The van der Waals surface area contributed by atoms with Gasteiger partial charge in [0, 0.05) is 22.3 Å². The van der Waals surface area contributed by atoms with Gasteiger partial charge in [0.25, 0.3) is 0 Å². The van der Waals surface area contributed by atoms with Gasteiger partial charge in [-0.1, -0.05) is 66.2 Å². The highest BCUT2D eigenvalue weighted by atomic mass is 127. The van der Waals surface area contributed by atoms with Crippen molar-refractivity contribution in [2.75, 3.05) is 18.0 Å². The molecule has 0 aromatic heterocycles. The van der Waals surface area contributed by atoms with Crippen LogP contribution in [0.15, 0.2) is 24.3 Å². The third-order valence-corrected chi connectivity index (χ3v) is 5.95. The molecular formula is C22H38IN. The van der Waals surface area contributed by atoms with Crippen molar-refractivity contribution in [3.05, 3.63) is 27.8 Å². The first-order valence-corrected chi connectivity index (χ1v) is 11.2. The molecule has 0 saturated heterocycles. The Morgan fingerprint density at radius 1 is 0.792 bits per heavy atom. The van der Waals surface area contributed by atoms with Crippen molar-refractivity contribution in [2.24, 2.45) is 11.8 Å². The van der Waals surface area contributed by atoms with Gasteiger partial charge in [-0.25, -0.2) is 0 Å².